The van der Waals surface area contributed by atoms with Crippen molar-refractivity contribution in [2.75, 3.05) is 18.0 Å². The van der Waals surface area contributed by atoms with Crippen LogP contribution in [-0.2, 0) is 0 Å². The Bertz CT molecular complexity index is 447. The average molecular weight is 257 g/mol. The van der Waals surface area contributed by atoms with Gasteiger partial charge in [-0.05, 0) is 18.8 Å². The van der Waals surface area contributed by atoms with Crippen molar-refractivity contribution in [3.8, 4) is 0 Å². The summed E-state index contributed by atoms with van der Waals surface area (Å²) in [6.07, 6.45) is 3.47. The van der Waals surface area contributed by atoms with E-state index in [1.54, 1.807) is 0 Å². The fourth-order valence-electron chi connectivity index (χ4n) is 2.33. The fourth-order valence-corrected chi connectivity index (χ4v) is 2.54. The zero-order valence-electron chi connectivity index (χ0n) is 9.82. The Morgan fingerprint density at radius 2 is 2.47 bits per heavy atom. The number of halogens is 1. The molecule has 6 heteroatoms. The van der Waals surface area contributed by atoms with Gasteiger partial charge in [0.15, 0.2) is 5.82 Å². The minimum atomic E-state index is -0.300. The van der Waals surface area contributed by atoms with Crippen LogP contribution < -0.4 is 16.2 Å². The van der Waals surface area contributed by atoms with Crippen LogP contribution in [0.15, 0.2) is 11.1 Å². The molecule has 0 aromatic carbocycles. The highest BCUT2D eigenvalue weighted by atomic mass is 35.5. The maximum absolute atomic E-state index is 11.5. The highest BCUT2D eigenvalue weighted by Crippen LogP contribution is 2.28. The standard InChI is InChI=1S/C11H17ClN4O/c1-7-2-3-16(8(4-7)5-13)10-9(12)11(17)15-6-14-10/h6-8H,2-5,13H2,1H3,(H,14,15,17). The van der Waals surface area contributed by atoms with Crippen molar-refractivity contribution in [3.63, 3.8) is 0 Å². The number of anilines is 1. The van der Waals surface area contributed by atoms with Gasteiger partial charge in [0, 0.05) is 19.1 Å². The van der Waals surface area contributed by atoms with Crippen LogP contribution in [-0.4, -0.2) is 29.1 Å². The second-order valence-corrected chi connectivity index (χ2v) is 4.96. The summed E-state index contributed by atoms with van der Waals surface area (Å²) in [5.74, 6) is 1.21. The summed E-state index contributed by atoms with van der Waals surface area (Å²) >= 11 is 6.00. The summed E-state index contributed by atoms with van der Waals surface area (Å²) in [5.41, 5.74) is 5.48. The number of hydrogen-bond acceptors (Lipinski definition) is 4. The molecular weight excluding hydrogens is 240 g/mol. The average Bonchev–Trinajstić information content (AvgIpc) is 2.33. The number of aromatic nitrogens is 2. The molecule has 1 fully saturated rings. The summed E-state index contributed by atoms with van der Waals surface area (Å²) in [6.45, 7) is 3.61. The monoisotopic (exact) mass is 256 g/mol. The molecule has 2 heterocycles. The smallest absolute Gasteiger partial charge is 0.271 e. The van der Waals surface area contributed by atoms with E-state index < -0.39 is 0 Å². The molecule has 5 nitrogen and oxygen atoms in total. The third-order valence-corrected chi connectivity index (χ3v) is 3.64. The molecule has 1 aromatic heterocycles. The maximum atomic E-state index is 11.5. The van der Waals surface area contributed by atoms with Crippen LogP contribution >= 0.6 is 11.6 Å². The lowest BCUT2D eigenvalue weighted by atomic mass is 9.92. The number of nitrogens with two attached hydrogens (primary N) is 1. The Morgan fingerprint density at radius 1 is 1.71 bits per heavy atom. The van der Waals surface area contributed by atoms with E-state index in [0.29, 0.717) is 18.3 Å². The summed E-state index contributed by atoms with van der Waals surface area (Å²) in [4.78, 5) is 20.1. The molecule has 0 aliphatic carbocycles. The van der Waals surface area contributed by atoms with E-state index in [0.717, 1.165) is 19.4 Å². The number of H-pyrrole nitrogens is 1. The lowest BCUT2D eigenvalue weighted by Gasteiger charge is -2.38. The molecule has 0 radical (unpaired) electrons. The number of hydrogen-bond donors (Lipinski definition) is 2. The molecule has 1 aliphatic rings. The molecule has 94 valence electrons. The topological polar surface area (TPSA) is 75.0 Å². The zero-order valence-corrected chi connectivity index (χ0v) is 10.6. The van der Waals surface area contributed by atoms with Crippen LogP contribution in [0.5, 0.6) is 0 Å². The normalized spacial score (nSPS) is 25.0. The summed E-state index contributed by atoms with van der Waals surface area (Å²) in [5, 5.41) is 0.153. The molecule has 1 saturated heterocycles. The highest BCUT2D eigenvalue weighted by molar-refractivity contribution is 6.32. The lowest BCUT2D eigenvalue weighted by molar-refractivity contribution is 0.365. The second kappa shape index (κ2) is 5.06. The van der Waals surface area contributed by atoms with Gasteiger partial charge in [0.1, 0.15) is 5.02 Å². The SMILES string of the molecule is CC1CCN(c2nc[nH]c(=O)c2Cl)C(CN)C1. The Hall–Kier alpha value is -1.07. The maximum Gasteiger partial charge on any atom is 0.271 e. The van der Waals surface area contributed by atoms with Crippen molar-refractivity contribution < 1.29 is 0 Å². The van der Waals surface area contributed by atoms with Crippen molar-refractivity contribution >= 4 is 17.4 Å². The van der Waals surface area contributed by atoms with Gasteiger partial charge in [-0.25, -0.2) is 4.98 Å². The van der Waals surface area contributed by atoms with Crippen molar-refractivity contribution in [3.05, 3.63) is 21.7 Å². The van der Waals surface area contributed by atoms with E-state index in [2.05, 4.69) is 21.8 Å². The molecule has 1 aliphatic heterocycles. The van der Waals surface area contributed by atoms with Crippen LogP contribution in [0.1, 0.15) is 19.8 Å². The Balaban J connectivity index is 2.32. The number of nitrogens with one attached hydrogen (secondary N) is 1. The van der Waals surface area contributed by atoms with E-state index in [-0.39, 0.29) is 16.6 Å². The first-order valence-corrected chi connectivity index (χ1v) is 6.21. The molecule has 0 amide bonds. The van der Waals surface area contributed by atoms with Crippen molar-refractivity contribution in [1.29, 1.82) is 0 Å². The third-order valence-electron chi connectivity index (χ3n) is 3.30. The minimum absolute atomic E-state index is 0.153. The molecule has 3 N–H and O–H groups in total. The highest BCUT2D eigenvalue weighted by Gasteiger charge is 2.28. The predicted molar refractivity (Wildman–Crippen MR) is 68.5 cm³/mol. The Morgan fingerprint density at radius 3 is 3.18 bits per heavy atom. The van der Waals surface area contributed by atoms with Gasteiger partial charge in [-0.2, -0.15) is 0 Å². The largest absolute Gasteiger partial charge is 0.351 e. The van der Waals surface area contributed by atoms with Gasteiger partial charge in [-0.15, -0.1) is 0 Å². The number of nitrogens with zero attached hydrogens (tertiary/aromatic N) is 2. The molecule has 17 heavy (non-hydrogen) atoms. The summed E-state index contributed by atoms with van der Waals surface area (Å²) in [7, 11) is 0. The van der Waals surface area contributed by atoms with Gasteiger partial charge in [0.05, 0.1) is 6.33 Å². The molecular formula is C11H17ClN4O. The number of rotatable bonds is 2. The van der Waals surface area contributed by atoms with E-state index in [4.69, 9.17) is 17.3 Å². The van der Waals surface area contributed by atoms with Gasteiger partial charge in [0.25, 0.3) is 5.56 Å². The first kappa shape index (κ1) is 12.4. The lowest BCUT2D eigenvalue weighted by Crippen LogP contribution is -2.47. The first-order valence-electron chi connectivity index (χ1n) is 5.83. The number of aromatic amines is 1. The molecule has 2 unspecified atom stereocenters. The minimum Gasteiger partial charge on any atom is -0.351 e. The molecule has 2 rings (SSSR count). The van der Waals surface area contributed by atoms with E-state index in [1.807, 2.05) is 0 Å². The van der Waals surface area contributed by atoms with Crippen molar-refractivity contribution in [1.82, 2.24) is 9.97 Å². The quantitative estimate of drug-likeness (QED) is 0.827. The molecule has 2 atom stereocenters. The van der Waals surface area contributed by atoms with Gasteiger partial charge in [-0.1, -0.05) is 18.5 Å². The fraction of sp³-hybridized carbons (Fsp3) is 0.636. The van der Waals surface area contributed by atoms with Gasteiger partial charge < -0.3 is 15.6 Å². The Labute approximate surface area is 105 Å². The molecule has 0 bridgehead atoms. The molecule has 1 aromatic rings. The van der Waals surface area contributed by atoms with Crippen molar-refractivity contribution in [2.24, 2.45) is 11.7 Å². The van der Waals surface area contributed by atoms with Crippen LogP contribution in [0.3, 0.4) is 0 Å². The zero-order chi connectivity index (χ0) is 12.4. The molecule has 0 saturated carbocycles. The predicted octanol–water partition coefficient (Wildman–Crippen LogP) is 0.987. The first-order chi connectivity index (χ1) is 8.13. The third kappa shape index (κ3) is 2.45. The van der Waals surface area contributed by atoms with Gasteiger partial charge >= 0.3 is 0 Å². The van der Waals surface area contributed by atoms with Crippen LogP contribution in [0.25, 0.3) is 0 Å². The van der Waals surface area contributed by atoms with Crippen molar-refractivity contribution in [2.45, 2.75) is 25.8 Å². The molecule has 0 spiro atoms. The van der Waals surface area contributed by atoms with Crippen LogP contribution in [0.4, 0.5) is 5.82 Å². The number of piperidine rings is 1. The summed E-state index contributed by atoms with van der Waals surface area (Å²) < 4.78 is 0. The van der Waals surface area contributed by atoms with E-state index >= 15 is 0 Å². The van der Waals surface area contributed by atoms with E-state index in [9.17, 15) is 4.79 Å². The van der Waals surface area contributed by atoms with Crippen LogP contribution in [0, 0.1) is 5.92 Å². The van der Waals surface area contributed by atoms with E-state index in [1.165, 1.54) is 6.33 Å². The second-order valence-electron chi connectivity index (χ2n) is 4.58. The van der Waals surface area contributed by atoms with Gasteiger partial charge in [0.2, 0.25) is 0 Å². The van der Waals surface area contributed by atoms with Crippen LogP contribution in [0.2, 0.25) is 5.02 Å². The Kier molecular flexibility index (Phi) is 3.69. The van der Waals surface area contributed by atoms with Gasteiger partial charge in [-0.3, -0.25) is 4.79 Å². The summed E-state index contributed by atoms with van der Waals surface area (Å²) in [6, 6.07) is 0.213.